The lowest BCUT2D eigenvalue weighted by atomic mass is 10.0. The van der Waals surface area contributed by atoms with Crippen LogP contribution < -0.4 is 5.73 Å². The summed E-state index contributed by atoms with van der Waals surface area (Å²) in [6.45, 7) is 0.488. The lowest BCUT2D eigenvalue weighted by molar-refractivity contribution is -0.0712. The number of hydrogen-bond donors (Lipinski definition) is 2. The van der Waals surface area contributed by atoms with Gasteiger partial charge in [-0.15, -0.1) is 0 Å². The van der Waals surface area contributed by atoms with E-state index in [4.69, 9.17) is 10.8 Å². The van der Waals surface area contributed by atoms with Crippen molar-refractivity contribution in [1.29, 1.82) is 0 Å². The van der Waals surface area contributed by atoms with Crippen LogP contribution in [-0.4, -0.2) is 22.6 Å². The van der Waals surface area contributed by atoms with Crippen LogP contribution in [0.3, 0.4) is 0 Å². The normalized spacial score (nSPS) is 14.1. The van der Waals surface area contributed by atoms with Gasteiger partial charge in [0.15, 0.2) is 0 Å². The van der Waals surface area contributed by atoms with Crippen LogP contribution >= 0.6 is 0 Å². The molecule has 1 heterocycles. The molecule has 14 heavy (non-hydrogen) atoms. The first-order chi connectivity index (χ1) is 6.47. The van der Waals surface area contributed by atoms with Gasteiger partial charge >= 0.3 is 0 Å². The number of nitrogens with zero attached hydrogens (tertiary/aromatic N) is 1. The number of aliphatic hydroxyl groups excluding tert-OH is 1. The largest absolute Gasteiger partial charge is 0.390 e. The third kappa shape index (κ3) is 2.24. The molecule has 0 aliphatic carbocycles. The van der Waals surface area contributed by atoms with Gasteiger partial charge in [0.05, 0.1) is 6.04 Å². The maximum Gasteiger partial charge on any atom is 0.289 e. The number of rotatable bonds is 3. The third-order valence-corrected chi connectivity index (χ3v) is 1.96. The van der Waals surface area contributed by atoms with Crippen LogP contribution in [0.2, 0.25) is 0 Å². The molecule has 0 saturated heterocycles. The second kappa shape index (κ2) is 3.98. The highest BCUT2D eigenvalue weighted by Crippen LogP contribution is 2.28. The fourth-order valence-electron chi connectivity index (χ4n) is 1.01. The topological polar surface area (TPSA) is 59.1 Å². The molecule has 0 spiro atoms. The number of nitrogens with two attached hydrogens (primary N) is 1. The first kappa shape index (κ1) is 11.0. The summed E-state index contributed by atoms with van der Waals surface area (Å²) in [6.07, 6.45) is 1.30. The van der Waals surface area contributed by atoms with Crippen LogP contribution in [0.25, 0.3) is 0 Å². The Bertz CT molecular complexity index is 300. The number of aryl methyl sites for hydroxylation is 1. The molecule has 1 aromatic heterocycles. The van der Waals surface area contributed by atoms with Crippen LogP contribution in [0, 0.1) is 6.92 Å². The fourth-order valence-corrected chi connectivity index (χ4v) is 1.01. The number of aliphatic hydroxyl groups is 1. The summed E-state index contributed by atoms with van der Waals surface area (Å²) < 4.78 is 25.9. The minimum Gasteiger partial charge on any atom is -0.390 e. The number of pyridine rings is 1. The van der Waals surface area contributed by atoms with Gasteiger partial charge in [-0.25, -0.2) is 8.78 Å². The van der Waals surface area contributed by atoms with Crippen molar-refractivity contribution in [3.63, 3.8) is 0 Å². The average Bonchev–Trinajstić information content (AvgIpc) is 2.18. The number of hydrogen-bond acceptors (Lipinski definition) is 3. The van der Waals surface area contributed by atoms with E-state index < -0.39 is 18.6 Å². The monoisotopic (exact) mass is 202 g/mol. The highest BCUT2D eigenvalue weighted by Gasteiger charge is 2.37. The van der Waals surface area contributed by atoms with Crippen molar-refractivity contribution in [2.24, 2.45) is 5.73 Å². The molecule has 1 unspecified atom stereocenters. The zero-order chi connectivity index (χ0) is 10.8. The molecule has 3 N–H and O–H groups in total. The van der Waals surface area contributed by atoms with Gasteiger partial charge < -0.3 is 10.8 Å². The van der Waals surface area contributed by atoms with Gasteiger partial charge in [0.1, 0.15) is 6.61 Å². The van der Waals surface area contributed by atoms with E-state index in [1.807, 2.05) is 0 Å². The van der Waals surface area contributed by atoms with E-state index in [0.717, 1.165) is 5.69 Å². The van der Waals surface area contributed by atoms with Crippen LogP contribution in [0.1, 0.15) is 17.3 Å². The first-order valence-corrected chi connectivity index (χ1v) is 4.14. The van der Waals surface area contributed by atoms with Crippen molar-refractivity contribution in [3.05, 3.63) is 29.6 Å². The quantitative estimate of drug-likeness (QED) is 0.769. The fraction of sp³-hybridized carbons (Fsp3) is 0.444. The Hall–Kier alpha value is -1.07. The summed E-state index contributed by atoms with van der Waals surface area (Å²) >= 11 is 0. The Morgan fingerprint density at radius 1 is 1.57 bits per heavy atom. The smallest absolute Gasteiger partial charge is 0.289 e. The summed E-state index contributed by atoms with van der Waals surface area (Å²) in [7, 11) is 0. The zero-order valence-electron chi connectivity index (χ0n) is 7.74. The van der Waals surface area contributed by atoms with E-state index in [2.05, 4.69) is 4.98 Å². The molecule has 78 valence electrons. The summed E-state index contributed by atoms with van der Waals surface area (Å²) in [6, 6.07) is 1.57. The average molecular weight is 202 g/mol. The van der Waals surface area contributed by atoms with Crippen LogP contribution in [0.5, 0.6) is 0 Å². The van der Waals surface area contributed by atoms with E-state index in [9.17, 15) is 8.78 Å². The van der Waals surface area contributed by atoms with Gasteiger partial charge in [-0.2, -0.15) is 0 Å². The van der Waals surface area contributed by atoms with Gasteiger partial charge in [-0.3, -0.25) is 4.98 Å². The molecule has 0 aromatic carbocycles. The van der Waals surface area contributed by atoms with Crippen molar-refractivity contribution in [2.45, 2.75) is 18.9 Å². The molecule has 1 atom stereocenters. The van der Waals surface area contributed by atoms with E-state index in [0.29, 0.717) is 0 Å². The Morgan fingerprint density at radius 3 is 2.64 bits per heavy atom. The van der Waals surface area contributed by atoms with E-state index in [1.165, 1.54) is 12.3 Å². The highest BCUT2D eigenvalue weighted by atomic mass is 19.3. The maximum absolute atomic E-state index is 12.9. The minimum atomic E-state index is -3.31. The lowest BCUT2D eigenvalue weighted by Gasteiger charge is -2.21. The van der Waals surface area contributed by atoms with Crippen molar-refractivity contribution >= 4 is 0 Å². The van der Waals surface area contributed by atoms with Crippen LogP contribution in [0.15, 0.2) is 18.3 Å². The van der Waals surface area contributed by atoms with Crippen molar-refractivity contribution < 1.29 is 13.9 Å². The molecule has 3 nitrogen and oxygen atoms in total. The maximum atomic E-state index is 12.9. The zero-order valence-corrected chi connectivity index (χ0v) is 7.74. The number of alkyl halides is 2. The standard InChI is InChI=1S/C9H12F2N2O/c1-6-2-3-7(4-13-6)8(12)9(10,11)5-14/h2-4,8,14H,5,12H2,1H3. The SMILES string of the molecule is Cc1ccc(C(N)C(F)(F)CO)cn1. The van der Waals surface area contributed by atoms with E-state index in [1.54, 1.807) is 13.0 Å². The molecule has 0 radical (unpaired) electrons. The number of halogens is 2. The molecule has 0 aliphatic rings. The summed E-state index contributed by atoms with van der Waals surface area (Å²) in [5.74, 6) is -3.31. The van der Waals surface area contributed by atoms with Crippen LogP contribution in [0.4, 0.5) is 8.78 Å². The highest BCUT2D eigenvalue weighted by molar-refractivity contribution is 5.19. The molecule has 0 fully saturated rings. The predicted molar refractivity (Wildman–Crippen MR) is 47.9 cm³/mol. The first-order valence-electron chi connectivity index (χ1n) is 4.14. The molecule has 0 amide bonds. The van der Waals surface area contributed by atoms with Gasteiger partial charge in [0, 0.05) is 11.9 Å². The molecular formula is C9H12F2N2O. The Kier molecular flexibility index (Phi) is 3.13. The Morgan fingerprint density at radius 2 is 2.21 bits per heavy atom. The molecular weight excluding hydrogens is 190 g/mol. The van der Waals surface area contributed by atoms with Gasteiger partial charge in [-0.05, 0) is 18.6 Å². The van der Waals surface area contributed by atoms with E-state index in [-0.39, 0.29) is 5.56 Å². The summed E-state index contributed by atoms with van der Waals surface area (Å²) in [5.41, 5.74) is 6.23. The second-order valence-corrected chi connectivity index (χ2v) is 3.13. The van der Waals surface area contributed by atoms with Gasteiger partial charge in [0.25, 0.3) is 5.92 Å². The molecule has 0 saturated carbocycles. The molecule has 1 aromatic rings. The summed E-state index contributed by atoms with van der Waals surface area (Å²) in [5, 5.41) is 8.43. The van der Waals surface area contributed by atoms with Gasteiger partial charge in [0.2, 0.25) is 0 Å². The minimum absolute atomic E-state index is 0.217. The Balaban J connectivity index is 2.89. The predicted octanol–water partition coefficient (Wildman–Crippen LogP) is 1.02. The molecule has 1 rings (SSSR count). The number of aromatic nitrogens is 1. The van der Waals surface area contributed by atoms with Crippen molar-refractivity contribution in [1.82, 2.24) is 4.98 Å². The third-order valence-electron chi connectivity index (χ3n) is 1.96. The van der Waals surface area contributed by atoms with Gasteiger partial charge in [-0.1, -0.05) is 6.07 Å². The van der Waals surface area contributed by atoms with Crippen molar-refractivity contribution in [2.75, 3.05) is 6.61 Å². The van der Waals surface area contributed by atoms with Crippen molar-refractivity contribution in [3.8, 4) is 0 Å². The molecule has 0 bridgehead atoms. The van der Waals surface area contributed by atoms with Crippen LogP contribution in [-0.2, 0) is 0 Å². The van der Waals surface area contributed by atoms with E-state index >= 15 is 0 Å². The summed E-state index contributed by atoms with van der Waals surface area (Å²) in [4.78, 5) is 3.85. The molecule has 5 heteroatoms. The lowest BCUT2D eigenvalue weighted by Crippen LogP contribution is -2.36. The second-order valence-electron chi connectivity index (χ2n) is 3.13. The molecule has 0 aliphatic heterocycles. The Labute approximate surface area is 80.6 Å².